The summed E-state index contributed by atoms with van der Waals surface area (Å²) in [6.07, 6.45) is 1.76. The van der Waals surface area contributed by atoms with E-state index in [1.807, 2.05) is 17.5 Å². The molecule has 3 aromatic rings. The second-order valence-electron chi connectivity index (χ2n) is 6.15. The first kappa shape index (κ1) is 16.4. The van der Waals surface area contributed by atoms with E-state index in [0.29, 0.717) is 22.4 Å². The van der Waals surface area contributed by atoms with Crippen LogP contribution in [0.25, 0.3) is 21.9 Å². The molecule has 2 radical (unpaired) electrons. The Morgan fingerprint density at radius 2 is 2.25 bits per heavy atom. The smallest absolute Gasteiger partial charge is 0.337 e. The summed E-state index contributed by atoms with van der Waals surface area (Å²) in [6, 6.07) is 5.26. The number of aromatic nitrogens is 3. The summed E-state index contributed by atoms with van der Waals surface area (Å²) in [5.41, 5.74) is 8.69. The van der Waals surface area contributed by atoms with Crippen LogP contribution in [0.4, 0.5) is 5.82 Å². The summed E-state index contributed by atoms with van der Waals surface area (Å²) in [5.74, 6) is 0.212. The summed E-state index contributed by atoms with van der Waals surface area (Å²) >= 11 is 0. The van der Waals surface area contributed by atoms with Crippen molar-refractivity contribution < 1.29 is 9.53 Å². The van der Waals surface area contributed by atoms with Crippen molar-refractivity contribution in [1.82, 2.24) is 14.5 Å². The monoisotopic (exact) mass is 320 g/mol. The summed E-state index contributed by atoms with van der Waals surface area (Å²) in [4.78, 5) is 20.5. The lowest BCUT2D eigenvalue weighted by Gasteiger charge is -2.16. The van der Waals surface area contributed by atoms with Crippen molar-refractivity contribution in [2.24, 2.45) is 0 Å². The van der Waals surface area contributed by atoms with Gasteiger partial charge >= 0.3 is 5.97 Å². The van der Waals surface area contributed by atoms with Crippen LogP contribution in [0.3, 0.4) is 0 Å². The minimum absolute atomic E-state index is 0.0684. The molecular weight excluding hydrogens is 302 g/mol. The Morgan fingerprint density at radius 1 is 1.50 bits per heavy atom. The van der Waals surface area contributed by atoms with Crippen LogP contribution < -0.4 is 5.73 Å². The molecule has 0 aliphatic heterocycles. The van der Waals surface area contributed by atoms with E-state index in [9.17, 15) is 4.79 Å². The molecule has 0 aliphatic rings. The number of rotatable bonds is 4. The zero-order chi connectivity index (χ0) is 17.4. The highest BCUT2D eigenvalue weighted by molar-refractivity contribution is 7.03. The van der Waals surface area contributed by atoms with Gasteiger partial charge in [-0.25, -0.2) is 14.8 Å². The van der Waals surface area contributed by atoms with Gasteiger partial charge in [-0.1, -0.05) is 19.6 Å². The predicted molar refractivity (Wildman–Crippen MR) is 97.6 cm³/mol. The highest BCUT2D eigenvalue weighted by Crippen LogP contribution is 2.29. The minimum atomic E-state index is -0.406. The zero-order valence-electron chi connectivity index (χ0n) is 14.0. The predicted octanol–water partition coefficient (Wildman–Crippen LogP) is 2.13. The molecule has 3 rings (SSSR count). The number of hydrogen-bond donors (Lipinski definition) is 1. The maximum atomic E-state index is 11.7. The third kappa shape index (κ3) is 2.72. The van der Waals surface area contributed by atoms with Gasteiger partial charge in [-0.15, -0.1) is 0 Å². The molecule has 0 amide bonds. The Bertz CT molecular complexity index is 923. The molecule has 8 heteroatoms. The van der Waals surface area contributed by atoms with E-state index in [1.54, 1.807) is 18.5 Å². The normalized spacial score (nSPS) is 12.5. The first-order valence-corrected chi connectivity index (χ1v) is 7.80. The van der Waals surface area contributed by atoms with Crippen LogP contribution in [-0.2, 0) is 11.3 Å². The molecule has 1 unspecified atom stereocenters. The van der Waals surface area contributed by atoms with Gasteiger partial charge in [-0.3, -0.25) is 0 Å². The van der Waals surface area contributed by atoms with Gasteiger partial charge in [0.25, 0.3) is 0 Å². The van der Waals surface area contributed by atoms with Crippen molar-refractivity contribution in [1.29, 1.82) is 0 Å². The maximum Gasteiger partial charge on any atom is 0.337 e. The summed E-state index contributed by atoms with van der Waals surface area (Å²) in [6.45, 7) is 4.88. The lowest BCUT2D eigenvalue weighted by atomic mass is 9.28. The third-order valence-electron chi connectivity index (χ3n) is 4.38. The number of pyridine rings is 1. The number of carbonyl (C=O) groups excluding carboxylic acids is 1. The van der Waals surface area contributed by atoms with Gasteiger partial charge < -0.3 is 15.0 Å². The summed E-state index contributed by atoms with van der Waals surface area (Å²) < 4.78 is 6.80. The van der Waals surface area contributed by atoms with E-state index >= 15 is 0 Å². The van der Waals surface area contributed by atoms with Crippen molar-refractivity contribution in [3.8, 4) is 0 Å². The SMILES string of the molecule is [B]B(C)C(C)Cn1cnc2c(N)nc3cc(C(=O)OC)ccc3c21. The Labute approximate surface area is 141 Å². The molecule has 0 saturated heterocycles. The first-order chi connectivity index (χ1) is 11.4. The van der Waals surface area contributed by atoms with Crippen LogP contribution in [-0.4, -0.2) is 42.0 Å². The Balaban J connectivity index is 2.21. The maximum absolute atomic E-state index is 11.7. The fraction of sp³-hybridized carbons (Fsp3) is 0.312. The van der Waals surface area contributed by atoms with Gasteiger partial charge in [-0.05, 0) is 18.2 Å². The number of nitrogens with zero attached hydrogens (tertiary/aromatic N) is 3. The van der Waals surface area contributed by atoms with Crippen LogP contribution in [0.15, 0.2) is 24.5 Å². The first-order valence-electron chi connectivity index (χ1n) is 7.80. The lowest BCUT2D eigenvalue weighted by Crippen LogP contribution is -2.19. The third-order valence-corrected chi connectivity index (χ3v) is 4.38. The summed E-state index contributed by atoms with van der Waals surface area (Å²) in [5, 5.41) is 0.890. The number of esters is 1. The number of benzene rings is 1. The Morgan fingerprint density at radius 3 is 2.92 bits per heavy atom. The van der Waals surface area contributed by atoms with E-state index in [0.717, 1.165) is 17.4 Å². The minimum Gasteiger partial charge on any atom is -0.465 e. The molecule has 2 aromatic heterocycles. The Kier molecular flexibility index (Phi) is 4.22. The van der Waals surface area contributed by atoms with E-state index in [2.05, 4.69) is 16.9 Å². The van der Waals surface area contributed by atoms with Gasteiger partial charge in [0.2, 0.25) is 0 Å². The number of carbonyl (C=O) groups is 1. The topological polar surface area (TPSA) is 83.0 Å². The molecule has 2 N–H and O–H groups in total. The van der Waals surface area contributed by atoms with E-state index in [-0.39, 0.29) is 12.4 Å². The van der Waals surface area contributed by atoms with Gasteiger partial charge in [0.1, 0.15) is 5.52 Å². The number of fused-ring (bicyclic) bond motifs is 3. The quantitative estimate of drug-likeness (QED) is 0.588. The molecule has 1 atom stereocenters. The fourth-order valence-corrected chi connectivity index (χ4v) is 2.72. The average molecular weight is 320 g/mol. The van der Waals surface area contributed by atoms with Crippen LogP contribution in [0, 0.1) is 0 Å². The highest BCUT2D eigenvalue weighted by atomic mass is 16.5. The summed E-state index contributed by atoms with van der Waals surface area (Å²) in [7, 11) is 7.33. The van der Waals surface area contributed by atoms with E-state index in [4.69, 9.17) is 18.2 Å². The molecule has 120 valence electrons. The van der Waals surface area contributed by atoms with E-state index < -0.39 is 5.97 Å². The van der Waals surface area contributed by atoms with Gasteiger partial charge in [0, 0.05) is 19.7 Å². The second-order valence-corrected chi connectivity index (χ2v) is 6.15. The standard InChI is InChI=1S/C16H18B2N4O2/c1-9(18(2)17)7-22-8-20-13-14(22)11-5-4-10(16(23)24-3)6-12(11)21-15(13)19/h4-6,8-9H,7H2,1-3H3,(H2,19,21). The fourth-order valence-electron chi connectivity index (χ4n) is 2.72. The molecule has 0 spiro atoms. The molecular formula is C16H18B2N4O2. The van der Waals surface area contributed by atoms with Gasteiger partial charge in [0.15, 0.2) is 5.82 Å². The van der Waals surface area contributed by atoms with Gasteiger partial charge in [0.05, 0.1) is 36.6 Å². The molecule has 0 bridgehead atoms. The number of methoxy groups -OCH3 is 1. The van der Waals surface area contributed by atoms with Crippen molar-refractivity contribution >= 4 is 48.1 Å². The van der Waals surface area contributed by atoms with Gasteiger partial charge in [-0.2, -0.15) is 0 Å². The number of nitrogen functional groups attached to an aromatic ring is 1. The number of imidazole rings is 1. The number of nitrogens with two attached hydrogens (primary N) is 1. The van der Waals surface area contributed by atoms with Crippen LogP contribution in [0.2, 0.25) is 12.6 Å². The van der Waals surface area contributed by atoms with Crippen molar-refractivity contribution in [3.05, 3.63) is 30.1 Å². The molecule has 0 fully saturated rings. The average Bonchev–Trinajstić information content (AvgIpc) is 2.98. The lowest BCUT2D eigenvalue weighted by molar-refractivity contribution is 0.0601. The van der Waals surface area contributed by atoms with Crippen molar-refractivity contribution in [2.75, 3.05) is 12.8 Å². The van der Waals surface area contributed by atoms with Crippen molar-refractivity contribution in [2.45, 2.75) is 26.1 Å². The molecule has 1 aromatic carbocycles. The zero-order valence-corrected chi connectivity index (χ0v) is 14.0. The van der Waals surface area contributed by atoms with Crippen molar-refractivity contribution in [3.63, 3.8) is 0 Å². The number of ether oxygens (including phenoxy) is 1. The van der Waals surface area contributed by atoms with Crippen LogP contribution >= 0.6 is 0 Å². The highest BCUT2D eigenvalue weighted by Gasteiger charge is 2.17. The largest absolute Gasteiger partial charge is 0.465 e. The number of hydrogen-bond acceptors (Lipinski definition) is 5. The Hall–Kier alpha value is -2.50. The second kappa shape index (κ2) is 6.19. The molecule has 2 heterocycles. The van der Waals surface area contributed by atoms with Crippen LogP contribution in [0.5, 0.6) is 0 Å². The van der Waals surface area contributed by atoms with Crippen LogP contribution in [0.1, 0.15) is 17.3 Å². The molecule has 0 saturated carbocycles. The molecule has 24 heavy (non-hydrogen) atoms. The number of anilines is 1. The molecule has 0 aliphatic carbocycles. The molecule has 6 nitrogen and oxygen atoms in total. The van der Waals surface area contributed by atoms with E-state index in [1.165, 1.54) is 7.11 Å².